The minimum Gasteiger partial charge on any atom is -0.383 e. The highest BCUT2D eigenvalue weighted by molar-refractivity contribution is 7.98. The Kier molecular flexibility index (Phi) is 4.24. The van der Waals surface area contributed by atoms with Crippen LogP contribution in [0.1, 0.15) is 5.56 Å². The molecule has 3 aromatic rings. The summed E-state index contributed by atoms with van der Waals surface area (Å²) >= 11 is 13.8. The van der Waals surface area contributed by atoms with Crippen LogP contribution < -0.4 is 5.73 Å². The molecule has 106 valence electrons. The van der Waals surface area contributed by atoms with Gasteiger partial charge in [0.05, 0.1) is 10.5 Å². The van der Waals surface area contributed by atoms with E-state index in [-0.39, 0.29) is 0 Å². The Balaban J connectivity index is 1.88. The maximum absolute atomic E-state index is 6.17. The topological polar surface area (TPSA) is 38.9 Å². The molecule has 0 saturated heterocycles. The standard InChI is InChI=1S/C16H12Cl2N2S/c17-12-5-6-13(18)15(8-12)21-9-11-7-10-3-1-2-4-14(10)20-16(11)19/h1-8H,9H2,(H2,19,20). The number of nitrogens with zero attached hydrogens (tertiary/aromatic N) is 1. The fourth-order valence-corrected chi connectivity index (χ4v) is 3.51. The van der Waals surface area contributed by atoms with E-state index in [2.05, 4.69) is 11.1 Å². The Labute approximate surface area is 137 Å². The number of hydrogen-bond donors (Lipinski definition) is 1. The second kappa shape index (κ2) is 6.14. The van der Waals surface area contributed by atoms with Crippen molar-refractivity contribution in [1.82, 2.24) is 4.98 Å². The molecular formula is C16H12Cl2N2S. The monoisotopic (exact) mass is 334 g/mol. The summed E-state index contributed by atoms with van der Waals surface area (Å²) in [5.74, 6) is 1.25. The van der Waals surface area contributed by atoms with Crippen molar-refractivity contribution in [3.63, 3.8) is 0 Å². The zero-order valence-corrected chi connectivity index (χ0v) is 13.3. The molecule has 0 atom stereocenters. The maximum Gasteiger partial charge on any atom is 0.128 e. The molecule has 2 aromatic carbocycles. The van der Waals surface area contributed by atoms with Crippen molar-refractivity contribution in [1.29, 1.82) is 0 Å². The maximum atomic E-state index is 6.17. The van der Waals surface area contributed by atoms with Crippen molar-refractivity contribution in [3.05, 3.63) is 64.1 Å². The number of halogens is 2. The normalized spacial score (nSPS) is 11.0. The van der Waals surface area contributed by atoms with Crippen LogP contribution in [-0.2, 0) is 5.75 Å². The molecule has 2 N–H and O–H groups in total. The lowest BCUT2D eigenvalue weighted by molar-refractivity contribution is 1.31. The second-order valence-corrected chi connectivity index (χ2v) is 6.45. The first-order valence-electron chi connectivity index (χ1n) is 6.35. The molecule has 0 fully saturated rings. The van der Waals surface area contributed by atoms with Crippen molar-refractivity contribution < 1.29 is 0 Å². The molecule has 0 amide bonds. The molecule has 0 radical (unpaired) electrons. The largest absolute Gasteiger partial charge is 0.383 e. The van der Waals surface area contributed by atoms with Gasteiger partial charge in [0.1, 0.15) is 5.82 Å². The van der Waals surface area contributed by atoms with Gasteiger partial charge in [0.25, 0.3) is 0 Å². The first-order valence-corrected chi connectivity index (χ1v) is 8.09. The van der Waals surface area contributed by atoms with Gasteiger partial charge in [0, 0.05) is 26.6 Å². The Bertz CT molecular complexity index is 805. The van der Waals surface area contributed by atoms with Gasteiger partial charge < -0.3 is 5.73 Å². The molecule has 5 heteroatoms. The lowest BCUT2D eigenvalue weighted by atomic mass is 10.1. The van der Waals surface area contributed by atoms with E-state index in [0.717, 1.165) is 21.4 Å². The Morgan fingerprint density at radius 2 is 1.86 bits per heavy atom. The van der Waals surface area contributed by atoms with Crippen LogP contribution in [0.3, 0.4) is 0 Å². The third-order valence-corrected chi connectivity index (χ3v) is 4.89. The average molecular weight is 335 g/mol. The number of nitrogen functional groups attached to an aromatic ring is 1. The summed E-state index contributed by atoms with van der Waals surface area (Å²) in [7, 11) is 0. The Morgan fingerprint density at radius 3 is 2.71 bits per heavy atom. The number of para-hydroxylation sites is 1. The number of thioether (sulfide) groups is 1. The molecule has 0 saturated carbocycles. The summed E-state index contributed by atoms with van der Waals surface area (Å²) in [4.78, 5) is 5.37. The number of fused-ring (bicyclic) bond motifs is 1. The summed E-state index contributed by atoms with van der Waals surface area (Å²) in [5.41, 5.74) is 7.94. The molecule has 1 aromatic heterocycles. The first kappa shape index (κ1) is 14.5. The zero-order chi connectivity index (χ0) is 14.8. The zero-order valence-electron chi connectivity index (χ0n) is 11.0. The number of rotatable bonds is 3. The lowest BCUT2D eigenvalue weighted by Crippen LogP contribution is -1.97. The lowest BCUT2D eigenvalue weighted by Gasteiger charge is -2.08. The van der Waals surface area contributed by atoms with Crippen molar-refractivity contribution in [2.75, 3.05) is 5.73 Å². The molecule has 21 heavy (non-hydrogen) atoms. The average Bonchev–Trinajstić information content (AvgIpc) is 2.48. The third-order valence-electron chi connectivity index (χ3n) is 3.11. The van der Waals surface area contributed by atoms with E-state index in [4.69, 9.17) is 28.9 Å². The van der Waals surface area contributed by atoms with Gasteiger partial charge in [-0.15, -0.1) is 11.8 Å². The van der Waals surface area contributed by atoms with E-state index < -0.39 is 0 Å². The highest BCUT2D eigenvalue weighted by atomic mass is 35.5. The van der Waals surface area contributed by atoms with Crippen LogP contribution in [0.4, 0.5) is 5.82 Å². The quantitative estimate of drug-likeness (QED) is 0.650. The van der Waals surface area contributed by atoms with Crippen LogP contribution in [0.25, 0.3) is 10.9 Å². The third kappa shape index (κ3) is 3.26. The fraction of sp³-hybridized carbons (Fsp3) is 0.0625. The van der Waals surface area contributed by atoms with Crippen molar-refractivity contribution in [2.45, 2.75) is 10.6 Å². The molecule has 2 nitrogen and oxygen atoms in total. The fourth-order valence-electron chi connectivity index (χ4n) is 2.03. The van der Waals surface area contributed by atoms with Gasteiger partial charge in [-0.05, 0) is 30.3 Å². The van der Waals surface area contributed by atoms with Crippen LogP contribution >= 0.6 is 35.0 Å². The summed E-state index contributed by atoms with van der Waals surface area (Å²) in [6.07, 6.45) is 0. The van der Waals surface area contributed by atoms with Crippen molar-refractivity contribution in [2.24, 2.45) is 0 Å². The van der Waals surface area contributed by atoms with Gasteiger partial charge in [-0.1, -0.05) is 41.4 Å². The molecule has 1 heterocycles. The number of nitrogens with two attached hydrogens (primary N) is 1. The highest BCUT2D eigenvalue weighted by Crippen LogP contribution is 2.33. The number of benzene rings is 2. The van der Waals surface area contributed by atoms with Crippen LogP contribution in [0, 0.1) is 0 Å². The smallest absolute Gasteiger partial charge is 0.128 e. The number of aromatic nitrogens is 1. The van der Waals surface area contributed by atoms with Crippen molar-refractivity contribution in [3.8, 4) is 0 Å². The van der Waals surface area contributed by atoms with Crippen LogP contribution in [0.2, 0.25) is 10.0 Å². The molecule has 0 aliphatic heterocycles. The summed E-state index contributed by atoms with van der Waals surface area (Å²) in [6.45, 7) is 0. The summed E-state index contributed by atoms with van der Waals surface area (Å²) < 4.78 is 0. The van der Waals surface area contributed by atoms with Gasteiger partial charge in [-0.25, -0.2) is 4.98 Å². The first-order chi connectivity index (χ1) is 10.1. The number of hydrogen-bond acceptors (Lipinski definition) is 3. The van der Waals surface area contributed by atoms with E-state index in [0.29, 0.717) is 21.6 Å². The van der Waals surface area contributed by atoms with Crippen LogP contribution in [0.5, 0.6) is 0 Å². The Hall–Kier alpha value is -1.42. The minimum absolute atomic E-state index is 0.555. The van der Waals surface area contributed by atoms with E-state index in [1.54, 1.807) is 23.9 Å². The summed E-state index contributed by atoms with van der Waals surface area (Å²) in [5, 5.41) is 2.45. The van der Waals surface area contributed by atoms with Gasteiger partial charge in [0.2, 0.25) is 0 Å². The molecule has 0 bridgehead atoms. The minimum atomic E-state index is 0.555. The second-order valence-electron chi connectivity index (χ2n) is 4.59. The molecule has 0 unspecified atom stereocenters. The number of pyridine rings is 1. The van der Waals surface area contributed by atoms with E-state index >= 15 is 0 Å². The molecule has 3 rings (SSSR count). The van der Waals surface area contributed by atoms with Crippen molar-refractivity contribution >= 4 is 51.7 Å². The van der Waals surface area contributed by atoms with Gasteiger partial charge in [-0.3, -0.25) is 0 Å². The molecule has 0 spiro atoms. The SMILES string of the molecule is Nc1nc2ccccc2cc1CSc1cc(Cl)ccc1Cl. The molecule has 0 aliphatic rings. The predicted molar refractivity (Wildman–Crippen MR) is 92.2 cm³/mol. The molecule has 0 aliphatic carbocycles. The summed E-state index contributed by atoms with van der Waals surface area (Å²) in [6, 6.07) is 15.4. The van der Waals surface area contributed by atoms with Crippen LogP contribution in [0.15, 0.2) is 53.4 Å². The van der Waals surface area contributed by atoms with E-state index in [1.165, 1.54) is 0 Å². The Morgan fingerprint density at radius 1 is 1.05 bits per heavy atom. The van der Waals surface area contributed by atoms with E-state index in [1.807, 2.05) is 30.3 Å². The predicted octanol–water partition coefficient (Wildman–Crippen LogP) is 5.42. The van der Waals surface area contributed by atoms with Gasteiger partial charge in [0.15, 0.2) is 0 Å². The molecular weight excluding hydrogens is 323 g/mol. The number of anilines is 1. The van der Waals surface area contributed by atoms with Crippen LogP contribution in [-0.4, -0.2) is 4.98 Å². The van der Waals surface area contributed by atoms with Gasteiger partial charge >= 0.3 is 0 Å². The van der Waals surface area contributed by atoms with E-state index in [9.17, 15) is 0 Å². The highest BCUT2D eigenvalue weighted by Gasteiger charge is 2.07. The van der Waals surface area contributed by atoms with Gasteiger partial charge in [-0.2, -0.15) is 0 Å².